The van der Waals surface area contributed by atoms with Crippen LogP contribution < -0.4 is 0 Å². The Morgan fingerprint density at radius 1 is 1.10 bits per heavy atom. The molecule has 1 aromatic rings. The van der Waals surface area contributed by atoms with Crippen LogP contribution in [-0.2, 0) is 20.6 Å². The van der Waals surface area contributed by atoms with Gasteiger partial charge in [0.2, 0.25) is 17.7 Å². The van der Waals surface area contributed by atoms with E-state index in [0.717, 1.165) is 29.2 Å². The third-order valence-electron chi connectivity index (χ3n) is 6.93. The second-order valence-electron chi connectivity index (χ2n) is 8.18. The van der Waals surface area contributed by atoms with Gasteiger partial charge in [-0.1, -0.05) is 6.92 Å². The normalized spacial score (nSPS) is 30.3. The van der Waals surface area contributed by atoms with E-state index in [4.69, 9.17) is 0 Å². The van der Waals surface area contributed by atoms with Crippen molar-refractivity contribution < 1.29 is 32.3 Å². The molecule has 31 heavy (non-hydrogen) atoms. The van der Waals surface area contributed by atoms with Crippen molar-refractivity contribution in [3.63, 3.8) is 0 Å². The largest absolute Gasteiger partial charge is 0.416 e. The van der Waals surface area contributed by atoms with Crippen molar-refractivity contribution in [2.75, 3.05) is 20.1 Å². The molecule has 0 saturated carbocycles. The number of halogens is 3. The van der Waals surface area contributed by atoms with Gasteiger partial charge in [0.25, 0.3) is 5.91 Å². The van der Waals surface area contributed by atoms with Crippen molar-refractivity contribution in [1.29, 1.82) is 0 Å². The fourth-order valence-electron chi connectivity index (χ4n) is 5.43. The second kappa shape index (κ2) is 6.80. The van der Waals surface area contributed by atoms with Crippen LogP contribution in [0.2, 0.25) is 0 Å². The Morgan fingerprint density at radius 2 is 1.71 bits per heavy atom. The molecule has 2 bridgehead atoms. The molecule has 4 atom stereocenters. The van der Waals surface area contributed by atoms with Crippen LogP contribution in [0.3, 0.4) is 0 Å². The van der Waals surface area contributed by atoms with Gasteiger partial charge in [-0.2, -0.15) is 13.2 Å². The lowest BCUT2D eigenvalue weighted by Crippen LogP contribution is -2.69. The number of fused-ring (bicyclic) bond motifs is 5. The first kappa shape index (κ1) is 21.3. The summed E-state index contributed by atoms with van der Waals surface area (Å²) in [7, 11) is 1.37. The summed E-state index contributed by atoms with van der Waals surface area (Å²) in [6.45, 7) is 3.91. The van der Waals surface area contributed by atoms with Crippen molar-refractivity contribution in [3.05, 3.63) is 35.4 Å². The highest BCUT2D eigenvalue weighted by Crippen LogP contribution is 2.54. The number of alkyl halides is 3. The number of hydrogen-bond acceptors (Lipinski definition) is 4. The van der Waals surface area contributed by atoms with Crippen LogP contribution in [0.1, 0.15) is 36.2 Å². The monoisotopic (exact) mass is 437 g/mol. The Kier molecular flexibility index (Phi) is 4.68. The molecule has 0 radical (unpaired) electrons. The number of hydrogen-bond donors (Lipinski definition) is 0. The van der Waals surface area contributed by atoms with Gasteiger partial charge in [0.15, 0.2) is 0 Å². The molecule has 0 aliphatic carbocycles. The molecule has 0 aromatic heterocycles. The number of rotatable bonds is 3. The number of likely N-dealkylation sites (N-methyl/N-ethyl adjacent to an activating group) is 1. The summed E-state index contributed by atoms with van der Waals surface area (Å²) < 4.78 is 38.7. The Labute approximate surface area is 176 Å². The minimum absolute atomic E-state index is 0.0261. The number of piperazine rings is 1. The minimum atomic E-state index is -4.55. The molecule has 3 aliphatic heterocycles. The van der Waals surface area contributed by atoms with Crippen LogP contribution in [0.15, 0.2) is 24.3 Å². The average Bonchev–Trinajstić information content (AvgIpc) is 3.11. The Morgan fingerprint density at radius 3 is 2.23 bits per heavy atom. The SMILES string of the molecule is CCN1C[C@@H]2[C@@H]3C(=O)N(C)C(=O)[C@@H]3[C@](CC)(C1=O)N2C(=O)c1ccc(C(F)(F)F)cc1. The Balaban J connectivity index is 1.82. The molecule has 7 nitrogen and oxygen atoms in total. The molecule has 0 unspecified atom stereocenters. The van der Waals surface area contributed by atoms with E-state index in [9.17, 15) is 32.3 Å². The average molecular weight is 437 g/mol. The number of nitrogens with zero attached hydrogens (tertiary/aromatic N) is 3. The van der Waals surface area contributed by atoms with E-state index in [0.29, 0.717) is 6.54 Å². The number of carbonyl (C=O) groups excluding carboxylic acids is 4. The quantitative estimate of drug-likeness (QED) is 0.676. The van der Waals surface area contributed by atoms with Gasteiger partial charge in [-0.15, -0.1) is 0 Å². The molecule has 10 heteroatoms. The van der Waals surface area contributed by atoms with Gasteiger partial charge in [-0.05, 0) is 37.6 Å². The highest BCUT2D eigenvalue weighted by atomic mass is 19.4. The molecule has 4 amide bonds. The maximum absolute atomic E-state index is 13.5. The lowest BCUT2D eigenvalue weighted by molar-refractivity contribution is -0.156. The van der Waals surface area contributed by atoms with Gasteiger partial charge < -0.3 is 9.80 Å². The first-order valence-electron chi connectivity index (χ1n) is 10.1. The standard InChI is InChI=1S/C21H22F3N3O4/c1-4-20-15-14(17(29)25(3)18(15)30)13(10-26(5-2)19(20)31)27(20)16(28)11-6-8-12(9-7-11)21(22,23)24/h6-9,13-15H,4-5,10H2,1-3H3/t13-,14+,15-,20-/m1/s1. The fourth-order valence-corrected chi connectivity index (χ4v) is 5.43. The summed E-state index contributed by atoms with van der Waals surface area (Å²) in [6, 6.07) is 3.02. The van der Waals surface area contributed by atoms with E-state index in [1.165, 1.54) is 11.9 Å². The maximum atomic E-state index is 13.5. The van der Waals surface area contributed by atoms with Crippen LogP contribution in [0.25, 0.3) is 0 Å². The predicted molar refractivity (Wildman–Crippen MR) is 101 cm³/mol. The molecule has 0 N–H and O–H groups in total. The number of benzene rings is 1. The lowest BCUT2D eigenvalue weighted by Gasteiger charge is -2.49. The molecule has 1 aromatic carbocycles. The summed E-state index contributed by atoms with van der Waals surface area (Å²) >= 11 is 0. The van der Waals surface area contributed by atoms with Gasteiger partial charge in [0.05, 0.1) is 23.4 Å². The van der Waals surface area contributed by atoms with E-state index < -0.39 is 58.8 Å². The summed E-state index contributed by atoms with van der Waals surface area (Å²) in [5.74, 6) is -3.85. The van der Waals surface area contributed by atoms with E-state index in [1.54, 1.807) is 18.7 Å². The van der Waals surface area contributed by atoms with Crippen LogP contribution in [-0.4, -0.2) is 70.0 Å². The molecular formula is C21H22F3N3O4. The first-order valence-corrected chi connectivity index (χ1v) is 10.1. The number of imide groups is 1. The smallest absolute Gasteiger partial charge is 0.339 e. The van der Waals surface area contributed by atoms with E-state index >= 15 is 0 Å². The third-order valence-corrected chi connectivity index (χ3v) is 6.93. The number of amides is 4. The highest BCUT2D eigenvalue weighted by Gasteiger charge is 2.74. The molecule has 3 heterocycles. The van der Waals surface area contributed by atoms with Gasteiger partial charge in [0, 0.05) is 25.7 Å². The van der Waals surface area contributed by atoms with Crippen LogP contribution >= 0.6 is 0 Å². The summed E-state index contributed by atoms with van der Waals surface area (Å²) in [4.78, 5) is 56.7. The minimum Gasteiger partial charge on any atom is -0.339 e. The predicted octanol–water partition coefficient (Wildman–Crippen LogP) is 1.77. The molecule has 166 valence electrons. The van der Waals surface area contributed by atoms with Gasteiger partial charge >= 0.3 is 6.18 Å². The summed E-state index contributed by atoms with van der Waals surface area (Å²) in [5.41, 5.74) is -2.46. The van der Waals surface area contributed by atoms with Crippen LogP contribution in [0, 0.1) is 11.8 Å². The Bertz CT molecular complexity index is 977. The molecule has 3 aliphatic rings. The van der Waals surface area contributed by atoms with E-state index in [-0.39, 0.29) is 18.5 Å². The van der Waals surface area contributed by atoms with Crippen LogP contribution in [0.5, 0.6) is 0 Å². The van der Waals surface area contributed by atoms with Crippen LogP contribution in [0.4, 0.5) is 13.2 Å². The summed E-state index contributed by atoms with van der Waals surface area (Å²) in [6.07, 6.45) is -4.44. The van der Waals surface area contributed by atoms with Crippen molar-refractivity contribution in [2.45, 2.75) is 38.0 Å². The molecule has 3 saturated heterocycles. The van der Waals surface area contributed by atoms with Crippen molar-refractivity contribution >= 4 is 23.6 Å². The van der Waals surface area contributed by atoms with Gasteiger partial charge in [0.1, 0.15) is 5.54 Å². The highest BCUT2D eigenvalue weighted by molar-refractivity contribution is 6.13. The summed E-state index contributed by atoms with van der Waals surface area (Å²) in [5, 5.41) is 0. The second-order valence-corrected chi connectivity index (χ2v) is 8.18. The zero-order chi connectivity index (χ0) is 22.9. The van der Waals surface area contributed by atoms with E-state index in [2.05, 4.69) is 0 Å². The van der Waals surface area contributed by atoms with Crippen molar-refractivity contribution in [1.82, 2.24) is 14.7 Å². The molecule has 0 spiro atoms. The zero-order valence-corrected chi connectivity index (χ0v) is 17.3. The topological polar surface area (TPSA) is 78.0 Å². The number of likely N-dealkylation sites (tertiary alicyclic amines) is 2. The van der Waals surface area contributed by atoms with Crippen molar-refractivity contribution in [3.8, 4) is 0 Å². The first-order chi connectivity index (χ1) is 14.5. The third kappa shape index (κ3) is 2.66. The number of carbonyl (C=O) groups is 4. The molecule has 4 rings (SSSR count). The molecular weight excluding hydrogens is 415 g/mol. The maximum Gasteiger partial charge on any atom is 0.416 e. The lowest BCUT2D eigenvalue weighted by atomic mass is 9.78. The zero-order valence-electron chi connectivity index (χ0n) is 17.3. The van der Waals surface area contributed by atoms with Crippen molar-refractivity contribution in [2.24, 2.45) is 11.8 Å². The van der Waals surface area contributed by atoms with Gasteiger partial charge in [-0.3, -0.25) is 24.1 Å². The molecule has 3 fully saturated rings. The fraction of sp³-hybridized carbons (Fsp3) is 0.524. The Hall–Kier alpha value is -2.91. The van der Waals surface area contributed by atoms with E-state index in [1.807, 2.05) is 0 Å². The van der Waals surface area contributed by atoms with Gasteiger partial charge in [-0.25, -0.2) is 0 Å².